The van der Waals surface area contributed by atoms with Crippen LogP contribution in [0.15, 0.2) is 71.3 Å². The highest BCUT2D eigenvalue weighted by atomic mass is 79.9. The van der Waals surface area contributed by atoms with E-state index in [4.69, 9.17) is 0 Å². The van der Waals surface area contributed by atoms with Crippen molar-refractivity contribution in [2.75, 3.05) is 5.32 Å². The summed E-state index contributed by atoms with van der Waals surface area (Å²) in [6, 6.07) is 19.9. The van der Waals surface area contributed by atoms with Crippen LogP contribution in [0.1, 0.15) is 30.5 Å². The van der Waals surface area contributed by atoms with Crippen molar-refractivity contribution >= 4 is 27.6 Å². The predicted octanol–water partition coefficient (Wildman–Crippen LogP) is 6.02. The number of carbonyl (C=O) groups excluding carboxylic acids is 1. The van der Waals surface area contributed by atoms with Crippen molar-refractivity contribution in [3.05, 3.63) is 82.6 Å². The van der Waals surface area contributed by atoms with E-state index in [2.05, 4.69) is 43.7 Å². The van der Waals surface area contributed by atoms with Gasteiger partial charge >= 0.3 is 6.03 Å². The molecule has 0 spiro atoms. The van der Waals surface area contributed by atoms with Gasteiger partial charge in [-0.05, 0) is 79.3 Å². The number of nitrogens with one attached hydrogen (secondary N) is 2. The molecule has 2 amide bonds. The van der Waals surface area contributed by atoms with Gasteiger partial charge in [-0.1, -0.05) is 40.2 Å². The van der Waals surface area contributed by atoms with Gasteiger partial charge in [-0.25, -0.2) is 4.79 Å². The maximum Gasteiger partial charge on any atom is 0.319 e. The summed E-state index contributed by atoms with van der Waals surface area (Å²) in [5.41, 5.74) is 4.86. The number of rotatable bonds is 4. The van der Waals surface area contributed by atoms with Crippen molar-refractivity contribution in [1.29, 1.82) is 0 Å². The number of pyridine rings is 1. The summed E-state index contributed by atoms with van der Waals surface area (Å²) in [6.07, 6.45) is 4.85. The summed E-state index contributed by atoms with van der Waals surface area (Å²) in [5.74, 6) is 0. The molecule has 0 saturated heterocycles. The summed E-state index contributed by atoms with van der Waals surface area (Å²) in [4.78, 5) is 16.9. The monoisotopic (exact) mass is 435 g/mol. The topological polar surface area (TPSA) is 54.0 Å². The molecule has 5 heteroatoms. The molecule has 2 N–H and O–H groups in total. The number of carbonyl (C=O) groups is 1. The molecule has 0 unspecified atom stereocenters. The van der Waals surface area contributed by atoms with Crippen LogP contribution in [-0.2, 0) is 5.54 Å². The zero-order valence-electron chi connectivity index (χ0n) is 15.7. The van der Waals surface area contributed by atoms with Crippen molar-refractivity contribution < 1.29 is 4.79 Å². The quantitative estimate of drug-likeness (QED) is 0.526. The number of halogens is 1. The van der Waals surface area contributed by atoms with Gasteiger partial charge in [0, 0.05) is 22.1 Å². The molecule has 0 radical (unpaired) electrons. The Balaban J connectivity index is 1.44. The van der Waals surface area contributed by atoms with E-state index in [0.717, 1.165) is 51.8 Å². The molecule has 4 nitrogen and oxygen atoms in total. The van der Waals surface area contributed by atoms with E-state index in [1.165, 1.54) is 0 Å². The third-order valence-electron chi connectivity index (χ3n) is 5.33. The molecular formula is C23H22BrN3O. The number of benzene rings is 2. The number of anilines is 1. The Bertz CT molecular complexity index is 979. The molecule has 1 aromatic heterocycles. The average molecular weight is 436 g/mol. The Morgan fingerprint density at radius 3 is 2.32 bits per heavy atom. The Labute approximate surface area is 173 Å². The first-order valence-electron chi connectivity index (χ1n) is 9.42. The fraction of sp³-hybridized carbons (Fsp3) is 0.217. The van der Waals surface area contributed by atoms with Gasteiger partial charge in [0.2, 0.25) is 0 Å². The lowest BCUT2D eigenvalue weighted by atomic mass is 9.72. The van der Waals surface area contributed by atoms with Crippen molar-refractivity contribution in [2.24, 2.45) is 0 Å². The molecule has 142 valence electrons. The number of aromatic nitrogens is 1. The molecule has 4 rings (SSSR count). The van der Waals surface area contributed by atoms with Gasteiger partial charge in [0.15, 0.2) is 0 Å². The first kappa shape index (κ1) is 18.7. The highest BCUT2D eigenvalue weighted by Crippen LogP contribution is 2.41. The van der Waals surface area contributed by atoms with Crippen LogP contribution in [0, 0.1) is 6.92 Å². The van der Waals surface area contributed by atoms with Crippen molar-refractivity contribution in [1.82, 2.24) is 10.3 Å². The smallest absolute Gasteiger partial charge is 0.319 e. The fourth-order valence-corrected chi connectivity index (χ4v) is 3.90. The van der Waals surface area contributed by atoms with Crippen LogP contribution in [-0.4, -0.2) is 11.0 Å². The van der Waals surface area contributed by atoms with Crippen LogP contribution < -0.4 is 10.6 Å². The first-order chi connectivity index (χ1) is 13.5. The molecule has 1 aliphatic rings. The lowest BCUT2D eigenvalue weighted by Crippen LogP contribution is -2.52. The third kappa shape index (κ3) is 3.94. The van der Waals surface area contributed by atoms with Crippen molar-refractivity contribution in [3.8, 4) is 11.1 Å². The molecule has 1 heterocycles. The van der Waals surface area contributed by atoms with Gasteiger partial charge in [-0.3, -0.25) is 4.98 Å². The molecule has 3 aromatic rings. The lowest BCUT2D eigenvalue weighted by Gasteiger charge is -2.43. The molecule has 1 fully saturated rings. The van der Waals surface area contributed by atoms with Crippen LogP contribution in [0.25, 0.3) is 11.1 Å². The second kappa shape index (κ2) is 7.76. The summed E-state index contributed by atoms with van der Waals surface area (Å²) in [7, 11) is 0. The van der Waals surface area contributed by atoms with E-state index < -0.39 is 0 Å². The highest BCUT2D eigenvalue weighted by molar-refractivity contribution is 9.10. The molecule has 2 aromatic carbocycles. The Kier molecular flexibility index (Phi) is 5.18. The molecule has 0 aliphatic heterocycles. The van der Waals surface area contributed by atoms with Gasteiger partial charge < -0.3 is 10.6 Å². The minimum Gasteiger partial charge on any atom is -0.328 e. The lowest BCUT2D eigenvalue weighted by molar-refractivity contribution is 0.185. The Morgan fingerprint density at radius 2 is 1.71 bits per heavy atom. The standard InChI is InChI=1S/C23H22BrN3O/c1-16-15-18(11-14-25-16)17-3-9-21(10-4-17)26-22(28)27-23(12-2-13-23)19-5-7-20(24)8-6-19/h3-11,14-15H,2,12-13H2,1H3,(H2,26,27,28). The van der Waals surface area contributed by atoms with Gasteiger partial charge in [-0.2, -0.15) is 0 Å². The van der Waals surface area contributed by atoms with E-state index in [0.29, 0.717) is 0 Å². The zero-order valence-corrected chi connectivity index (χ0v) is 17.3. The second-order valence-electron chi connectivity index (χ2n) is 7.28. The van der Waals surface area contributed by atoms with Gasteiger partial charge in [0.25, 0.3) is 0 Å². The maximum atomic E-state index is 12.6. The van der Waals surface area contributed by atoms with Crippen molar-refractivity contribution in [3.63, 3.8) is 0 Å². The summed E-state index contributed by atoms with van der Waals surface area (Å²) in [6.45, 7) is 1.98. The highest BCUT2D eigenvalue weighted by Gasteiger charge is 2.40. The van der Waals surface area contributed by atoms with E-state index in [9.17, 15) is 4.79 Å². The Hall–Kier alpha value is -2.66. The second-order valence-corrected chi connectivity index (χ2v) is 8.20. The largest absolute Gasteiger partial charge is 0.328 e. The normalized spacial score (nSPS) is 14.8. The predicted molar refractivity (Wildman–Crippen MR) is 116 cm³/mol. The van der Waals surface area contributed by atoms with Gasteiger partial charge in [-0.15, -0.1) is 0 Å². The molecule has 1 aliphatic carbocycles. The summed E-state index contributed by atoms with van der Waals surface area (Å²) in [5, 5.41) is 6.16. The average Bonchev–Trinajstić information content (AvgIpc) is 2.66. The number of hydrogen-bond acceptors (Lipinski definition) is 2. The minimum absolute atomic E-state index is 0.171. The number of hydrogen-bond donors (Lipinski definition) is 2. The van der Waals surface area contributed by atoms with Gasteiger partial charge in [0.1, 0.15) is 0 Å². The number of urea groups is 1. The number of aryl methyl sites for hydroxylation is 1. The first-order valence-corrected chi connectivity index (χ1v) is 10.2. The summed E-state index contributed by atoms with van der Waals surface area (Å²) >= 11 is 3.47. The fourth-order valence-electron chi connectivity index (χ4n) is 3.64. The molecular weight excluding hydrogens is 414 g/mol. The van der Waals surface area contributed by atoms with E-state index in [1.54, 1.807) is 0 Å². The SMILES string of the molecule is Cc1cc(-c2ccc(NC(=O)NC3(c4ccc(Br)cc4)CCC3)cc2)ccn1. The van der Waals surface area contributed by atoms with E-state index in [-0.39, 0.29) is 11.6 Å². The van der Waals surface area contributed by atoms with E-state index >= 15 is 0 Å². The minimum atomic E-state index is -0.265. The van der Waals surface area contributed by atoms with Crippen LogP contribution in [0.4, 0.5) is 10.5 Å². The number of amides is 2. The van der Waals surface area contributed by atoms with Crippen LogP contribution in [0.5, 0.6) is 0 Å². The van der Waals surface area contributed by atoms with Crippen molar-refractivity contribution in [2.45, 2.75) is 31.7 Å². The van der Waals surface area contributed by atoms with Crippen LogP contribution in [0.3, 0.4) is 0 Å². The van der Waals surface area contributed by atoms with Gasteiger partial charge in [0.05, 0.1) is 5.54 Å². The maximum absolute atomic E-state index is 12.6. The van der Waals surface area contributed by atoms with Crippen LogP contribution >= 0.6 is 15.9 Å². The zero-order chi connectivity index (χ0) is 19.6. The van der Waals surface area contributed by atoms with Crippen LogP contribution in [0.2, 0.25) is 0 Å². The van der Waals surface area contributed by atoms with E-state index in [1.807, 2.05) is 61.7 Å². The molecule has 0 atom stereocenters. The molecule has 28 heavy (non-hydrogen) atoms. The molecule has 1 saturated carbocycles. The summed E-state index contributed by atoms with van der Waals surface area (Å²) < 4.78 is 1.04. The third-order valence-corrected chi connectivity index (χ3v) is 5.86. The molecule has 0 bridgehead atoms. The number of nitrogens with zero attached hydrogens (tertiary/aromatic N) is 1. The Morgan fingerprint density at radius 1 is 1.00 bits per heavy atom.